The van der Waals surface area contributed by atoms with Gasteiger partial charge in [-0.1, -0.05) is 39.7 Å². The van der Waals surface area contributed by atoms with Crippen LogP contribution in [0.25, 0.3) is 0 Å². The van der Waals surface area contributed by atoms with Crippen molar-refractivity contribution in [3.05, 3.63) is 81.8 Å². The molecule has 0 saturated carbocycles. The average molecular weight is 477 g/mol. The molecule has 1 heterocycles. The molecule has 2 aromatic carbocycles. The van der Waals surface area contributed by atoms with E-state index in [-0.39, 0.29) is 11.9 Å². The summed E-state index contributed by atoms with van der Waals surface area (Å²) < 4.78 is 8.65. The summed E-state index contributed by atoms with van der Waals surface area (Å²) >= 11 is 9.44. The third-order valence-corrected chi connectivity index (χ3v) is 5.47. The van der Waals surface area contributed by atoms with E-state index >= 15 is 0 Å². The van der Waals surface area contributed by atoms with Crippen molar-refractivity contribution in [2.24, 2.45) is 7.05 Å². The first-order valence-corrected chi connectivity index (χ1v) is 10.5. The maximum absolute atomic E-state index is 12.9. The van der Waals surface area contributed by atoms with Crippen molar-refractivity contribution in [3.8, 4) is 5.75 Å². The summed E-state index contributed by atoms with van der Waals surface area (Å²) in [5, 5.41) is 0.659. The van der Waals surface area contributed by atoms with Crippen LogP contribution in [0.5, 0.6) is 5.75 Å². The number of benzene rings is 2. The number of amides is 1. The van der Waals surface area contributed by atoms with Gasteiger partial charge in [0.05, 0.1) is 6.61 Å². The molecule has 0 spiro atoms. The molecule has 0 radical (unpaired) electrons. The van der Waals surface area contributed by atoms with Crippen LogP contribution in [0.3, 0.4) is 0 Å². The van der Waals surface area contributed by atoms with Crippen LogP contribution in [0.1, 0.15) is 30.3 Å². The fourth-order valence-corrected chi connectivity index (χ4v) is 3.49. The van der Waals surface area contributed by atoms with E-state index in [4.69, 9.17) is 16.3 Å². The molecule has 0 aliphatic rings. The third kappa shape index (κ3) is 5.61. The van der Waals surface area contributed by atoms with E-state index in [1.54, 1.807) is 11.1 Å². The summed E-state index contributed by atoms with van der Waals surface area (Å²) in [5.41, 5.74) is 0.964. The van der Waals surface area contributed by atoms with Crippen molar-refractivity contribution in [2.75, 3.05) is 13.7 Å². The van der Waals surface area contributed by atoms with Gasteiger partial charge in [-0.3, -0.25) is 4.79 Å². The molecule has 0 aliphatic heterocycles. The highest BCUT2D eigenvalue weighted by atomic mass is 79.9. The third-order valence-electron chi connectivity index (χ3n) is 4.69. The number of ether oxygens (including phenoxy) is 1. The second kappa shape index (κ2) is 9.94. The van der Waals surface area contributed by atoms with Crippen molar-refractivity contribution in [3.63, 3.8) is 0 Å². The van der Waals surface area contributed by atoms with Crippen LogP contribution >= 0.6 is 27.5 Å². The molecule has 3 rings (SSSR count). The summed E-state index contributed by atoms with van der Waals surface area (Å²) in [6.45, 7) is 0.481. The summed E-state index contributed by atoms with van der Waals surface area (Å²) in [6, 6.07) is 14.9. The Morgan fingerprint density at radius 3 is 2.52 bits per heavy atom. The Bertz CT molecular complexity index is 941. The number of hydrogen-bond donors (Lipinski definition) is 0. The second-order valence-electron chi connectivity index (χ2n) is 6.76. The van der Waals surface area contributed by atoms with Crippen LogP contribution in [0.4, 0.5) is 0 Å². The van der Waals surface area contributed by atoms with E-state index < -0.39 is 0 Å². The lowest BCUT2D eigenvalue weighted by Gasteiger charge is -2.28. The van der Waals surface area contributed by atoms with E-state index in [1.807, 2.05) is 73.4 Å². The molecule has 0 aliphatic carbocycles. The fraction of sp³-hybridized carbons (Fsp3) is 0.273. The van der Waals surface area contributed by atoms with Gasteiger partial charge >= 0.3 is 0 Å². The molecule has 152 valence electrons. The number of halogens is 2. The first kappa shape index (κ1) is 21.4. The van der Waals surface area contributed by atoms with Crippen LogP contribution in [0.15, 0.2) is 65.4 Å². The number of hydrogen-bond acceptors (Lipinski definition) is 3. The Hall–Kier alpha value is -2.31. The van der Waals surface area contributed by atoms with Crippen LogP contribution in [-0.2, 0) is 11.8 Å². The zero-order valence-electron chi connectivity index (χ0n) is 16.4. The Morgan fingerprint density at radius 1 is 1.21 bits per heavy atom. The molecule has 0 fully saturated rings. The minimum atomic E-state index is -0.285. The van der Waals surface area contributed by atoms with Gasteiger partial charge < -0.3 is 14.2 Å². The van der Waals surface area contributed by atoms with Gasteiger partial charge in [-0.05, 0) is 48.4 Å². The van der Waals surface area contributed by atoms with Crippen molar-refractivity contribution >= 4 is 33.4 Å². The lowest BCUT2D eigenvalue weighted by Crippen LogP contribution is -2.33. The quantitative estimate of drug-likeness (QED) is 0.418. The predicted octanol–water partition coefficient (Wildman–Crippen LogP) is 5.24. The normalized spacial score (nSPS) is 11.9. The van der Waals surface area contributed by atoms with Gasteiger partial charge in [0.1, 0.15) is 17.6 Å². The summed E-state index contributed by atoms with van der Waals surface area (Å²) in [5.74, 6) is 1.63. The Labute approximate surface area is 184 Å². The van der Waals surface area contributed by atoms with Gasteiger partial charge in [0.15, 0.2) is 0 Å². The van der Waals surface area contributed by atoms with E-state index in [2.05, 4.69) is 20.9 Å². The summed E-state index contributed by atoms with van der Waals surface area (Å²) in [7, 11) is 3.74. The van der Waals surface area contributed by atoms with Crippen LogP contribution in [-0.4, -0.2) is 34.0 Å². The predicted molar refractivity (Wildman–Crippen MR) is 118 cm³/mol. The molecule has 3 aromatic rings. The molecule has 5 nitrogen and oxygen atoms in total. The van der Waals surface area contributed by atoms with E-state index in [0.29, 0.717) is 24.5 Å². The number of aryl methyl sites for hydroxylation is 1. The molecule has 0 saturated heterocycles. The zero-order chi connectivity index (χ0) is 20.8. The molecule has 0 N–H and O–H groups in total. The molecular formula is C22H23BrClN3O2. The lowest BCUT2D eigenvalue weighted by atomic mass is 10.0. The molecule has 1 amide bonds. The molecule has 29 heavy (non-hydrogen) atoms. The van der Waals surface area contributed by atoms with Gasteiger partial charge in [-0.15, -0.1) is 0 Å². The first-order valence-electron chi connectivity index (χ1n) is 9.32. The number of carbonyl (C=O) groups excluding carboxylic acids is 1. The zero-order valence-corrected chi connectivity index (χ0v) is 18.7. The highest BCUT2D eigenvalue weighted by Crippen LogP contribution is 2.28. The Balaban J connectivity index is 1.64. The standard InChI is InChI=1S/C22H23BrClN3O2/c1-26-14-13-25-22(26)21(16-5-9-18(24)10-6-16)27(2)20(28)4-3-15-29-19-11-7-17(23)8-12-19/h5-14,21H,3-4,15H2,1-2H3/t21-/m0/s1. The summed E-state index contributed by atoms with van der Waals surface area (Å²) in [6.07, 6.45) is 4.64. The topological polar surface area (TPSA) is 47.4 Å². The second-order valence-corrected chi connectivity index (χ2v) is 8.11. The largest absolute Gasteiger partial charge is 0.494 e. The minimum Gasteiger partial charge on any atom is -0.494 e. The van der Waals surface area contributed by atoms with Gasteiger partial charge in [0.2, 0.25) is 5.91 Å². The first-order chi connectivity index (χ1) is 14.0. The summed E-state index contributed by atoms with van der Waals surface area (Å²) in [4.78, 5) is 19.1. The van der Waals surface area contributed by atoms with Crippen LogP contribution in [0.2, 0.25) is 5.02 Å². The van der Waals surface area contributed by atoms with Gasteiger partial charge in [-0.25, -0.2) is 4.98 Å². The van der Waals surface area contributed by atoms with Crippen LogP contribution in [0, 0.1) is 0 Å². The molecule has 1 aromatic heterocycles. The SMILES string of the molecule is CN(C(=O)CCCOc1ccc(Br)cc1)[C@@H](c1ccc(Cl)cc1)c1nccn1C. The van der Waals surface area contributed by atoms with Gasteiger partial charge in [0, 0.05) is 42.4 Å². The monoisotopic (exact) mass is 475 g/mol. The van der Waals surface area contributed by atoms with Crippen LogP contribution < -0.4 is 4.74 Å². The maximum Gasteiger partial charge on any atom is 0.223 e. The average Bonchev–Trinajstić information content (AvgIpc) is 3.13. The van der Waals surface area contributed by atoms with E-state index in [1.165, 1.54) is 0 Å². The smallest absolute Gasteiger partial charge is 0.223 e. The minimum absolute atomic E-state index is 0.0346. The number of aromatic nitrogens is 2. The maximum atomic E-state index is 12.9. The van der Waals surface area contributed by atoms with E-state index in [0.717, 1.165) is 21.6 Å². The molecule has 7 heteroatoms. The number of nitrogens with zero attached hydrogens (tertiary/aromatic N) is 3. The van der Waals surface area contributed by atoms with Crippen molar-refractivity contribution in [1.82, 2.24) is 14.5 Å². The van der Waals surface area contributed by atoms with Crippen molar-refractivity contribution in [2.45, 2.75) is 18.9 Å². The molecule has 0 unspecified atom stereocenters. The highest BCUT2D eigenvalue weighted by Gasteiger charge is 2.26. The fourth-order valence-electron chi connectivity index (χ4n) is 3.10. The Morgan fingerprint density at radius 2 is 1.90 bits per heavy atom. The Kier molecular flexibility index (Phi) is 7.34. The molecule has 1 atom stereocenters. The van der Waals surface area contributed by atoms with Crippen molar-refractivity contribution < 1.29 is 9.53 Å². The van der Waals surface area contributed by atoms with E-state index in [9.17, 15) is 4.79 Å². The number of imidazole rings is 1. The molecular weight excluding hydrogens is 454 g/mol. The van der Waals surface area contributed by atoms with Gasteiger partial charge in [0.25, 0.3) is 0 Å². The van der Waals surface area contributed by atoms with Gasteiger partial charge in [-0.2, -0.15) is 0 Å². The lowest BCUT2D eigenvalue weighted by molar-refractivity contribution is -0.131. The highest BCUT2D eigenvalue weighted by molar-refractivity contribution is 9.10. The number of rotatable bonds is 8. The van der Waals surface area contributed by atoms with Crippen molar-refractivity contribution in [1.29, 1.82) is 0 Å². The number of carbonyl (C=O) groups is 1. The molecule has 0 bridgehead atoms.